The number of rotatable bonds is 5. The molecule has 1 aromatic carbocycles. The third kappa shape index (κ3) is 3.17. The van der Waals surface area contributed by atoms with Crippen LogP contribution in [0.15, 0.2) is 30.3 Å². The van der Waals surface area contributed by atoms with Crippen molar-refractivity contribution in [2.45, 2.75) is 69.1 Å². The highest BCUT2D eigenvalue weighted by Gasteiger charge is 2.42. The van der Waals surface area contributed by atoms with Gasteiger partial charge in [-0.2, -0.15) is 0 Å². The lowest BCUT2D eigenvalue weighted by Gasteiger charge is -2.41. The fourth-order valence-corrected chi connectivity index (χ4v) is 4.08. The molecule has 4 rings (SSSR count). The van der Waals surface area contributed by atoms with Crippen LogP contribution in [0.2, 0.25) is 0 Å². The highest BCUT2D eigenvalue weighted by atomic mass is 16.3. The second-order valence-electron chi connectivity index (χ2n) is 7.43. The Bertz CT molecular complexity index is 466. The first-order chi connectivity index (χ1) is 10.3. The quantitative estimate of drug-likeness (QED) is 0.894. The van der Waals surface area contributed by atoms with Crippen LogP contribution < -0.4 is 0 Å². The fourth-order valence-electron chi connectivity index (χ4n) is 4.08. The molecule has 0 aliphatic heterocycles. The van der Waals surface area contributed by atoms with Crippen LogP contribution in [0.25, 0.3) is 0 Å². The van der Waals surface area contributed by atoms with Crippen LogP contribution in [0.4, 0.5) is 0 Å². The molecule has 21 heavy (non-hydrogen) atoms. The summed E-state index contributed by atoms with van der Waals surface area (Å²) < 4.78 is 0. The van der Waals surface area contributed by atoms with Crippen molar-refractivity contribution < 1.29 is 5.11 Å². The minimum Gasteiger partial charge on any atom is -0.391 e. The molecule has 0 amide bonds. The largest absolute Gasteiger partial charge is 0.391 e. The number of aliphatic hydroxyl groups is 1. The number of nitrogens with zero attached hydrogens (tertiary/aromatic N) is 1. The summed E-state index contributed by atoms with van der Waals surface area (Å²) in [5, 5.41) is 10.6. The van der Waals surface area contributed by atoms with Crippen LogP contribution in [-0.2, 0) is 0 Å². The van der Waals surface area contributed by atoms with E-state index in [2.05, 4.69) is 35.2 Å². The number of benzene rings is 1. The third-order valence-electron chi connectivity index (χ3n) is 5.66. The van der Waals surface area contributed by atoms with Gasteiger partial charge in [0.15, 0.2) is 0 Å². The van der Waals surface area contributed by atoms with Gasteiger partial charge in [-0.25, -0.2) is 0 Å². The average molecular weight is 285 g/mol. The summed E-state index contributed by atoms with van der Waals surface area (Å²) >= 11 is 0. The van der Waals surface area contributed by atoms with Gasteiger partial charge in [-0.3, -0.25) is 4.90 Å². The molecule has 3 atom stereocenters. The van der Waals surface area contributed by atoms with Crippen molar-refractivity contribution in [1.29, 1.82) is 0 Å². The Morgan fingerprint density at radius 1 is 0.952 bits per heavy atom. The van der Waals surface area contributed by atoms with Gasteiger partial charge in [-0.1, -0.05) is 30.3 Å². The monoisotopic (exact) mass is 285 g/mol. The lowest BCUT2D eigenvalue weighted by molar-refractivity contribution is 0.00707. The smallest absolute Gasteiger partial charge is 0.0695 e. The van der Waals surface area contributed by atoms with Gasteiger partial charge in [0.05, 0.1) is 6.10 Å². The lowest BCUT2D eigenvalue weighted by atomic mass is 9.79. The van der Waals surface area contributed by atoms with Gasteiger partial charge >= 0.3 is 0 Å². The molecule has 0 heterocycles. The molecule has 3 fully saturated rings. The summed E-state index contributed by atoms with van der Waals surface area (Å²) in [7, 11) is 0. The average Bonchev–Trinajstić information content (AvgIpc) is 3.39. The van der Waals surface area contributed by atoms with E-state index in [1.54, 1.807) is 0 Å². The molecule has 1 aromatic rings. The maximum absolute atomic E-state index is 10.6. The molecule has 3 unspecified atom stereocenters. The Morgan fingerprint density at radius 3 is 2.38 bits per heavy atom. The van der Waals surface area contributed by atoms with E-state index in [1.165, 1.54) is 37.8 Å². The zero-order valence-electron chi connectivity index (χ0n) is 12.8. The molecule has 3 aliphatic rings. The van der Waals surface area contributed by atoms with E-state index >= 15 is 0 Å². The van der Waals surface area contributed by atoms with E-state index < -0.39 is 0 Å². The lowest BCUT2D eigenvalue weighted by Crippen LogP contribution is -2.48. The van der Waals surface area contributed by atoms with E-state index in [1.807, 2.05) is 0 Å². The topological polar surface area (TPSA) is 23.5 Å². The maximum atomic E-state index is 10.6. The molecular formula is C19H27NO. The van der Waals surface area contributed by atoms with Crippen molar-refractivity contribution >= 4 is 0 Å². The third-order valence-corrected chi connectivity index (χ3v) is 5.66. The van der Waals surface area contributed by atoms with E-state index in [4.69, 9.17) is 0 Å². The highest BCUT2D eigenvalue weighted by molar-refractivity contribution is 5.21. The first-order valence-electron chi connectivity index (χ1n) is 8.80. The van der Waals surface area contributed by atoms with Crippen molar-refractivity contribution in [3.8, 4) is 0 Å². The molecule has 0 spiro atoms. The molecule has 2 heteroatoms. The van der Waals surface area contributed by atoms with Crippen LogP contribution in [0.1, 0.15) is 56.4 Å². The van der Waals surface area contributed by atoms with Crippen molar-refractivity contribution in [1.82, 2.24) is 4.90 Å². The van der Waals surface area contributed by atoms with E-state index in [0.29, 0.717) is 12.0 Å². The van der Waals surface area contributed by atoms with Gasteiger partial charge in [0.25, 0.3) is 0 Å². The molecule has 114 valence electrons. The molecule has 2 nitrogen and oxygen atoms in total. The molecule has 3 aliphatic carbocycles. The predicted octanol–water partition coefficient (Wildman–Crippen LogP) is 3.56. The Morgan fingerprint density at radius 2 is 1.71 bits per heavy atom. The van der Waals surface area contributed by atoms with Gasteiger partial charge in [0, 0.05) is 18.6 Å². The van der Waals surface area contributed by atoms with Crippen LogP contribution >= 0.6 is 0 Å². The van der Waals surface area contributed by atoms with Crippen molar-refractivity contribution in [2.75, 3.05) is 6.54 Å². The normalized spacial score (nSPS) is 33.3. The Labute approximate surface area is 128 Å². The first-order valence-corrected chi connectivity index (χ1v) is 8.80. The summed E-state index contributed by atoms with van der Waals surface area (Å²) in [6, 6.07) is 12.1. The van der Waals surface area contributed by atoms with Gasteiger partial charge in [0.2, 0.25) is 0 Å². The zero-order valence-corrected chi connectivity index (χ0v) is 12.8. The standard InChI is InChI=1S/C19H27NO/c21-19-11-8-16(15-4-2-1-3-5-15)12-18(19)20(17-9-10-17)13-14-6-7-14/h1-5,14,16-19,21H,6-13H2. The highest BCUT2D eigenvalue weighted by Crippen LogP contribution is 2.42. The summed E-state index contributed by atoms with van der Waals surface area (Å²) in [4.78, 5) is 2.69. The molecule has 0 bridgehead atoms. The molecule has 0 aromatic heterocycles. The molecule has 3 saturated carbocycles. The molecule has 0 radical (unpaired) electrons. The van der Waals surface area contributed by atoms with Crippen molar-refractivity contribution in [3.05, 3.63) is 35.9 Å². The fraction of sp³-hybridized carbons (Fsp3) is 0.684. The minimum atomic E-state index is -0.107. The summed E-state index contributed by atoms with van der Waals surface area (Å²) in [6.45, 7) is 1.24. The predicted molar refractivity (Wildman–Crippen MR) is 85.3 cm³/mol. The Hall–Kier alpha value is -0.860. The SMILES string of the molecule is OC1CCC(c2ccccc2)CC1N(CC1CC1)C1CC1. The molecular weight excluding hydrogens is 258 g/mol. The first kappa shape index (κ1) is 13.8. The summed E-state index contributed by atoms with van der Waals surface area (Å²) in [5.41, 5.74) is 1.47. The van der Waals surface area contributed by atoms with Gasteiger partial charge in [0.1, 0.15) is 0 Å². The summed E-state index contributed by atoms with van der Waals surface area (Å²) in [6.07, 6.45) is 8.68. The second kappa shape index (κ2) is 5.73. The van der Waals surface area contributed by atoms with E-state index in [-0.39, 0.29) is 6.10 Å². The van der Waals surface area contributed by atoms with E-state index in [0.717, 1.165) is 31.2 Å². The number of aliphatic hydroxyl groups excluding tert-OH is 1. The van der Waals surface area contributed by atoms with Crippen LogP contribution in [0.3, 0.4) is 0 Å². The van der Waals surface area contributed by atoms with E-state index in [9.17, 15) is 5.11 Å². The minimum absolute atomic E-state index is 0.107. The molecule has 0 saturated heterocycles. The van der Waals surface area contributed by atoms with Crippen LogP contribution in [-0.4, -0.2) is 34.7 Å². The summed E-state index contributed by atoms with van der Waals surface area (Å²) in [5.74, 6) is 1.56. The van der Waals surface area contributed by atoms with Gasteiger partial charge < -0.3 is 5.11 Å². The van der Waals surface area contributed by atoms with Crippen LogP contribution in [0.5, 0.6) is 0 Å². The number of hydrogen-bond donors (Lipinski definition) is 1. The van der Waals surface area contributed by atoms with Gasteiger partial charge in [-0.15, -0.1) is 0 Å². The van der Waals surface area contributed by atoms with Gasteiger partial charge in [-0.05, 0) is 62.3 Å². The molecule has 1 N–H and O–H groups in total. The Kier molecular flexibility index (Phi) is 3.76. The number of hydrogen-bond acceptors (Lipinski definition) is 2. The van der Waals surface area contributed by atoms with Crippen molar-refractivity contribution in [2.24, 2.45) is 5.92 Å². The van der Waals surface area contributed by atoms with Crippen LogP contribution in [0, 0.1) is 5.92 Å². The Balaban J connectivity index is 1.49. The van der Waals surface area contributed by atoms with Crippen molar-refractivity contribution in [3.63, 3.8) is 0 Å². The maximum Gasteiger partial charge on any atom is 0.0695 e. The second-order valence-corrected chi connectivity index (χ2v) is 7.43. The zero-order chi connectivity index (χ0) is 14.2.